The number of epoxide rings is 1. The van der Waals surface area contributed by atoms with Gasteiger partial charge in [0.1, 0.15) is 6.10 Å². The van der Waals surface area contributed by atoms with Gasteiger partial charge in [-0.05, 0) is 28.8 Å². The van der Waals surface area contributed by atoms with Gasteiger partial charge in [0.25, 0.3) is 0 Å². The Morgan fingerprint density at radius 3 is 3.25 bits per heavy atom. The number of hydrogen-bond donors (Lipinski definition) is 0. The maximum Gasteiger partial charge on any atom is 0.104 e. The van der Waals surface area contributed by atoms with Crippen LogP contribution in [0.15, 0.2) is 16.8 Å². The fraction of sp³-hybridized carbons (Fsp3) is 0.556. The van der Waals surface area contributed by atoms with E-state index in [1.807, 2.05) is 0 Å². The molecule has 1 saturated heterocycles. The lowest BCUT2D eigenvalue weighted by atomic mass is 10.3. The van der Waals surface area contributed by atoms with E-state index in [1.165, 1.54) is 5.56 Å². The lowest BCUT2D eigenvalue weighted by Crippen LogP contribution is -2.04. The molecule has 0 saturated carbocycles. The molecular weight excluding hydrogens is 172 g/mol. The molecule has 1 fully saturated rings. The predicted octanol–water partition coefficient (Wildman–Crippen LogP) is 1.71. The van der Waals surface area contributed by atoms with Crippen LogP contribution in [-0.2, 0) is 15.9 Å². The minimum absolute atomic E-state index is 0.396. The first-order valence-corrected chi connectivity index (χ1v) is 5.10. The number of ether oxygens (including phenoxy) is 2. The second-order valence-corrected chi connectivity index (χ2v) is 3.69. The molecule has 1 aromatic rings. The van der Waals surface area contributed by atoms with Gasteiger partial charge in [-0.15, -0.1) is 0 Å². The molecule has 0 radical (unpaired) electrons. The molecule has 0 bridgehead atoms. The van der Waals surface area contributed by atoms with Crippen molar-refractivity contribution in [1.29, 1.82) is 0 Å². The van der Waals surface area contributed by atoms with Crippen LogP contribution >= 0.6 is 11.3 Å². The molecule has 0 aliphatic carbocycles. The van der Waals surface area contributed by atoms with Crippen molar-refractivity contribution in [1.82, 2.24) is 0 Å². The summed E-state index contributed by atoms with van der Waals surface area (Å²) in [5.74, 6) is 0. The van der Waals surface area contributed by atoms with Gasteiger partial charge in [0.05, 0.1) is 19.8 Å². The van der Waals surface area contributed by atoms with Crippen LogP contribution in [0.25, 0.3) is 0 Å². The van der Waals surface area contributed by atoms with Crippen molar-refractivity contribution in [2.75, 3.05) is 19.8 Å². The number of thiophene rings is 1. The van der Waals surface area contributed by atoms with Crippen LogP contribution in [-0.4, -0.2) is 25.9 Å². The summed E-state index contributed by atoms with van der Waals surface area (Å²) in [4.78, 5) is 0. The highest BCUT2D eigenvalue weighted by atomic mass is 32.1. The molecule has 1 unspecified atom stereocenters. The third kappa shape index (κ3) is 2.59. The van der Waals surface area contributed by atoms with E-state index in [0.717, 1.165) is 26.2 Å². The zero-order valence-corrected chi connectivity index (χ0v) is 7.68. The summed E-state index contributed by atoms with van der Waals surface area (Å²) in [6.45, 7) is 2.47. The summed E-state index contributed by atoms with van der Waals surface area (Å²) >= 11 is 1.74. The van der Waals surface area contributed by atoms with Gasteiger partial charge >= 0.3 is 0 Å². The third-order valence-corrected chi connectivity index (χ3v) is 2.55. The molecule has 3 heteroatoms. The highest BCUT2D eigenvalue weighted by molar-refractivity contribution is 7.07. The van der Waals surface area contributed by atoms with E-state index in [0.29, 0.717) is 6.10 Å². The summed E-state index contributed by atoms with van der Waals surface area (Å²) in [6, 6.07) is 2.14. The van der Waals surface area contributed by atoms with Gasteiger partial charge in [-0.2, -0.15) is 11.3 Å². The average molecular weight is 184 g/mol. The maximum absolute atomic E-state index is 5.41. The van der Waals surface area contributed by atoms with Gasteiger partial charge in [0.15, 0.2) is 0 Å². The molecule has 2 heterocycles. The molecule has 0 N–H and O–H groups in total. The largest absolute Gasteiger partial charge is 0.378 e. The first-order chi connectivity index (χ1) is 5.95. The minimum atomic E-state index is 0.396. The third-order valence-electron chi connectivity index (χ3n) is 1.82. The Bertz CT molecular complexity index is 216. The lowest BCUT2D eigenvalue weighted by Gasteiger charge is -1.99. The molecule has 0 spiro atoms. The Kier molecular flexibility index (Phi) is 2.76. The Labute approximate surface area is 76.1 Å². The summed E-state index contributed by atoms with van der Waals surface area (Å²) < 4.78 is 10.4. The highest BCUT2D eigenvalue weighted by Gasteiger charge is 2.21. The molecule has 1 aliphatic heterocycles. The van der Waals surface area contributed by atoms with Gasteiger partial charge in [0.2, 0.25) is 0 Å². The second kappa shape index (κ2) is 4.03. The number of hydrogen-bond acceptors (Lipinski definition) is 3. The van der Waals surface area contributed by atoms with Crippen molar-refractivity contribution < 1.29 is 9.47 Å². The molecule has 2 nitrogen and oxygen atoms in total. The maximum atomic E-state index is 5.41. The molecule has 1 aliphatic rings. The van der Waals surface area contributed by atoms with Crippen molar-refractivity contribution in [2.45, 2.75) is 12.5 Å². The van der Waals surface area contributed by atoms with Crippen molar-refractivity contribution in [3.8, 4) is 0 Å². The van der Waals surface area contributed by atoms with E-state index in [2.05, 4.69) is 16.8 Å². The van der Waals surface area contributed by atoms with E-state index >= 15 is 0 Å². The quantitative estimate of drug-likeness (QED) is 0.513. The smallest absolute Gasteiger partial charge is 0.104 e. The van der Waals surface area contributed by atoms with Gasteiger partial charge in [0, 0.05) is 0 Å². The second-order valence-electron chi connectivity index (χ2n) is 2.91. The van der Waals surface area contributed by atoms with Gasteiger partial charge in [-0.1, -0.05) is 0 Å². The molecule has 12 heavy (non-hydrogen) atoms. The average Bonchev–Trinajstić information content (AvgIpc) is 2.76. The van der Waals surface area contributed by atoms with Gasteiger partial charge < -0.3 is 9.47 Å². The molecule has 1 aromatic heterocycles. The minimum Gasteiger partial charge on any atom is -0.378 e. The van der Waals surface area contributed by atoms with E-state index in [1.54, 1.807) is 11.3 Å². The van der Waals surface area contributed by atoms with E-state index < -0.39 is 0 Å². The molecule has 66 valence electrons. The molecule has 1 atom stereocenters. The van der Waals surface area contributed by atoms with Crippen LogP contribution in [0.1, 0.15) is 5.56 Å². The van der Waals surface area contributed by atoms with Crippen LogP contribution in [0.5, 0.6) is 0 Å². The van der Waals surface area contributed by atoms with Crippen molar-refractivity contribution in [2.24, 2.45) is 0 Å². The molecule has 2 rings (SSSR count). The summed E-state index contributed by atoms with van der Waals surface area (Å²) in [6.07, 6.45) is 1.42. The standard InChI is InChI=1S/C9H12O2S/c1(8-2-4-12-7-8)3-10-5-9-6-11-9/h2,4,7,9H,1,3,5-6H2. The Balaban J connectivity index is 1.56. The van der Waals surface area contributed by atoms with Crippen molar-refractivity contribution in [3.05, 3.63) is 22.4 Å². The summed E-state index contributed by atoms with van der Waals surface area (Å²) in [7, 11) is 0. The fourth-order valence-electron chi connectivity index (χ4n) is 1.00. The van der Waals surface area contributed by atoms with Gasteiger partial charge in [-0.3, -0.25) is 0 Å². The normalized spacial score (nSPS) is 21.2. The summed E-state index contributed by atoms with van der Waals surface area (Å²) in [5, 5.41) is 4.26. The Morgan fingerprint density at radius 2 is 2.58 bits per heavy atom. The van der Waals surface area contributed by atoms with Crippen molar-refractivity contribution in [3.63, 3.8) is 0 Å². The van der Waals surface area contributed by atoms with E-state index in [9.17, 15) is 0 Å². The fourth-order valence-corrected chi connectivity index (χ4v) is 1.71. The van der Waals surface area contributed by atoms with Crippen LogP contribution in [0, 0.1) is 0 Å². The van der Waals surface area contributed by atoms with Crippen LogP contribution in [0.3, 0.4) is 0 Å². The van der Waals surface area contributed by atoms with Crippen LogP contribution < -0.4 is 0 Å². The van der Waals surface area contributed by atoms with E-state index in [-0.39, 0.29) is 0 Å². The zero-order valence-electron chi connectivity index (χ0n) is 6.86. The monoisotopic (exact) mass is 184 g/mol. The van der Waals surface area contributed by atoms with Crippen LogP contribution in [0.4, 0.5) is 0 Å². The first kappa shape index (κ1) is 8.23. The van der Waals surface area contributed by atoms with E-state index in [4.69, 9.17) is 9.47 Å². The topological polar surface area (TPSA) is 21.8 Å². The lowest BCUT2D eigenvalue weighted by molar-refractivity contribution is 0.119. The predicted molar refractivity (Wildman–Crippen MR) is 48.6 cm³/mol. The Hall–Kier alpha value is -0.380. The molecule has 0 aromatic carbocycles. The highest BCUT2D eigenvalue weighted by Crippen LogP contribution is 2.10. The first-order valence-electron chi connectivity index (χ1n) is 4.15. The summed E-state index contributed by atoms with van der Waals surface area (Å²) in [5.41, 5.74) is 1.37. The SMILES string of the molecule is c1cc(CCOCC2CO2)cs1. The Morgan fingerprint density at radius 1 is 1.67 bits per heavy atom. The zero-order chi connectivity index (χ0) is 8.23. The number of rotatable bonds is 5. The van der Waals surface area contributed by atoms with Gasteiger partial charge in [-0.25, -0.2) is 0 Å². The van der Waals surface area contributed by atoms with Crippen molar-refractivity contribution >= 4 is 11.3 Å². The molecular formula is C9H12O2S. The molecule has 0 amide bonds. The van der Waals surface area contributed by atoms with Crippen LogP contribution in [0.2, 0.25) is 0 Å².